The monoisotopic (exact) mass is 398 g/mol. The summed E-state index contributed by atoms with van der Waals surface area (Å²) in [6, 6.07) is 16.0. The molecule has 0 atom stereocenters. The Balaban J connectivity index is 1.39. The van der Waals surface area contributed by atoms with Gasteiger partial charge in [0.15, 0.2) is 9.79 Å². The molecule has 1 saturated heterocycles. The first kappa shape index (κ1) is 19.3. The van der Waals surface area contributed by atoms with Crippen LogP contribution in [-0.4, -0.2) is 66.1 Å². The molecule has 28 heavy (non-hydrogen) atoms. The van der Waals surface area contributed by atoms with E-state index >= 15 is 0 Å². The van der Waals surface area contributed by atoms with E-state index in [9.17, 15) is 9.35 Å². The van der Waals surface area contributed by atoms with Crippen LogP contribution in [0.5, 0.6) is 0 Å². The summed E-state index contributed by atoms with van der Waals surface area (Å²) in [6.07, 6.45) is 1.02. The highest BCUT2D eigenvalue weighted by Crippen LogP contribution is 2.43. The Bertz CT molecular complexity index is 791. The van der Waals surface area contributed by atoms with Gasteiger partial charge >= 0.3 is 0 Å². The number of benzene rings is 2. The summed E-state index contributed by atoms with van der Waals surface area (Å²) in [7, 11) is 0. The van der Waals surface area contributed by atoms with Gasteiger partial charge in [-0.15, -0.1) is 0 Å². The van der Waals surface area contributed by atoms with Gasteiger partial charge in [-0.25, -0.2) is 0 Å². The van der Waals surface area contributed by atoms with Crippen LogP contribution < -0.4 is 10.6 Å². The molecular weight excluding hydrogens is 372 g/mol. The van der Waals surface area contributed by atoms with Gasteiger partial charge in [-0.05, 0) is 37.2 Å². The summed E-state index contributed by atoms with van der Waals surface area (Å²) in [5.41, 5.74) is 7.38. The molecule has 148 valence electrons. The second kappa shape index (κ2) is 8.53. The topological polar surface area (TPSA) is 75.9 Å². The van der Waals surface area contributed by atoms with Gasteiger partial charge in [0.2, 0.25) is 5.91 Å². The number of piperazine rings is 1. The lowest BCUT2D eigenvalue weighted by Crippen LogP contribution is -2.49. The van der Waals surface area contributed by atoms with Crippen LogP contribution in [0.4, 0.5) is 11.4 Å². The zero-order valence-electron chi connectivity index (χ0n) is 15.9. The number of carbonyl (C=O) groups excluding carboxylic acids is 1. The van der Waals surface area contributed by atoms with E-state index in [4.69, 9.17) is 5.73 Å². The molecule has 0 spiro atoms. The van der Waals surface area contributed by atoms with Gasteiger partial charge in [-0.1, -0.05) is 24.3 Å². The predicted octanol–water partition coefficient (Wildman–Crippen LogP) is 1.80. The molecule has 0 aliphatic carbocycles. The fourth-order valence-electron chi connectivity index (χ4n) is 4.01. The lowest BCUT2D eigenvalue weighted by atomic mass is 10.2. The number of hydrogen-bond donors (Lipinski definition) is 1. The predicted molar refractivity (Wildman–Crippen MR) is 111 cm³/mol. The van der Waals surface area contributed by atoms with Crippen LogP contribution in [0.15, 0.2) is 58.3 Å². The minimum absolute atomic E-state index is 0.256. The van der Waals surface area contributed by atoms with Crippen molar-refractivity contribution in [3.8, 4) is 0 Å². The Morgan fingerprint density at radius 3 is 2.00 bits per heavy atom. The van der Waals surface area contributed by atoms with E-state index in [1.165, 1.54) is 0 Å². The number of carbonyl (C=O) groups is 1. The Labute approximate surface area is 169 Å². The fourth-order valence-corrected chi connectivity index (χ4v) is 5.38. The van der Waals surface area contributed by atoms with Gasteiger partial charge < -0.3 is 20.1 Å². The second-order valence-corrected chi connectivity index (χ2v) is 8.71. The third-order valence-electron chi connectivity index (χ3n) is 5.41. The van der Waals surface area contributed by atoms with Crippen molar-refractivity contribution < 1.29 is 9.35 Å². The molecule has 2 heterocycles. The van der Waals surface area contributed by atoms with E-state index in [2.05, 4.69) is 26.8 Å². The van der Waals surface area contributed by atoms with Crippen molar-refractivity contribution in [2.24, 2.45) is 5.73 Å². The number of hydrogen-bond acceptors (Lipinski definition) is 5. The molecule has 4 rings (SSSR count). The van der Waals surface area contributed by atoms with Gasteiger partial charge in [0.05, 0.1) is 17.9 Å². The van der Waals surface area contributed by atoms with E-state index < -0.39 is 11.2 Å². The molecule has 2 aromatic rings. The first-order valence-corrected chi connectivity index (χ1v) is 10.9. The number of para-hydroxylation sites is 2. The molecule has 0 bridgehead atoms. The summed E-state index contributed by atoms with van der Waals surface area (Å²) in [4.78, 5) is 19.7. The molecule has 2 aliphatic rings. The van der Waals surface area contributed by atoms with Crippen molar-refractivity contribution in [2.75, 3.05) is 50.7 Å². The standard InChI is InChI=1S/C21H26N4O2S/c22-21(26)16-24-14-12-23(13-15-24)10-5-11-25-17-6-1-3-8-19(17)28(27)20-9-4-2-7-18(20)25/h1-4,6-9H,5,10-16H2,(H2,22,26). The highest BCUT2D eigenvalue weighted by atomic mass is 32.2. The lowest BCUT2D eigenvalue weighted by molar-refractivity contribution is -0.119. The van der Waals surface area contributed by atoms with E-state index in [0.717, 1.165) is 66.9 Å². The van der Waals surface area contributed by atoms with Crippen molar-refractivity contribution in [2.45, 2.75) is 16.2 Å². The summed E-state index contributed by atoms with van der Waals surface area (Å²) in [5, 5.41) is 0. The number of primary amides is 1. The number of fused-ring (bicyclic) bond motifs is 2. The van der Waals surface area contributed by atoms with E-state index in [1.54, 1.807) is 0 Å². The minimum atomic E-state index is -1.13. The Kier molecular flexibility index (Phi) is 5.87. The molecule has 1 fully saturated rings. The van der Waals surface area contributed by atoms with Crippen LogP contribution in [0.3, 0.4) is 0 Å². The highest BCUT2D eigenvalue weighted by Gasteiger charge is 2.32. The first-order valence-electron chi connectivity index (χ1n) is 9.74. The average molecular weight is 399 g/mol. The Morgan fingerprint density at radius 2 is 1.43 bits per heavy atom. The van der Waals surface area contributed by atoms with Crippen molar-refractivity contribution in [3.05, 3.63) is 48.5 Å². The highest BCUT2D eigenvalue weighted by molar-refractivity contribution is 7.92. The second-order valence-electron chi connectivity index (χ2n) is 7.29. The van der Waals surface area contributed by atoms with Crippen LogP contribution in [0.2, 0.25) is 0 Å². The van der Waals surface area contributed by atoms with Crippen LogP contribution in [0.25, 0.3) is 0 Å². The maximum atomic E-state index is 12.9. The quantitative estimate of drug-likeness (QED) is 0.751. The molecule has 6 nitrogen and oxygen atoms in total. The number of nitrogens with two attached hydrogens (primary N) is 1. The average Bonchev–Trinajstić information content (AvgIpc) is 2.71. The van der Waals surface area contributed by atoms with E-state index in [1.807, 2.05) is 36.4 Å². The number of amides is 1. The van der Waals surface area contributed by atoms with Crippen molar-refractivity contribution in [1.29, 1.82) is 0 Å². The normalized spacial score (nSPS) is 18.0. The molecule has 7 heteroatoms. The van der Waals surface area contributed by atoms with Gasteiger partial charge in [0, 0.05) is 43.9 Å². The van der Waals surface area contributed by atoms with E-state index in [0.29, 0.717) is 6.54 Å². The molecule has 2 aromatic carbocycles. The largest absolute Gasteiger partial charge is 0.606 e. The van der Waals surface area contributed by atoms with Gasteiger partial charge in [-0.3, -0.25) is 9.69 Å². The number of anilines is 2. The third kappa shape index (κ3) is 4.03. The van der Waals surface area contributed by atoms with Crippen LogP contribution >= 0.6 is 0 Å². The van der Waals surface area contributed by atoms with Crippen molar-refractivity contribution in [3.63, 3.8) is 0 Å². The number of nitrogens with zero attached hydrogens (tertiary/aromatic N) is 3. The summed E-state index contributed by atoms with van der Waals surface area (Å²) in [6.45, 7) is 5.94. The zero-order chi connectivity index (χ0) is 19.5. The smallest absolute Gasteiger partial charge is 0.231 e. The summed E-state index contributed by atoms with van der Waals surface area (Å²) >= 11 is -1.13. The minimum Gasteiger partial charge on any atom is -0.606 e. The SMILES string of the molecule is NC(=O)CN1CCN(CCCN2c3ccccc3[S+]([O-])c3ccccc32)CC1. The molecule has 2 aliphatic heterocycles. The van der Waals surface area contributed by atoms with E-state index in [-0.39, 0.29) is 5.91 Å². The lowest BCUT2D eigenvalue weighted by Gasteiger charge is -2.35. The summed E-state index contributed by atoms with van der Waals surface area (Å²) in [5.74, 6) is -0.256. The molecule has 0 unspecified atom stereocenters. The molecule has 0 aromatic heterocycles. The number of rotatable bonds is 6. The molecule has 0 saturated carbocycles. The molecular formula is C21H26N4O2S. The van der Waals surface area contributed by atoms with Crippen LogP contribution in [-0.2, 0) is 16.0 Å². The first-order chi connectivity index (χ1) is 13.6. The van der Waals surface area contributed by atoms with Crippen molar-refractivity contribution >= 4 is 28.5 Å². The van der Waals surface area contributed by atoms with Gasteiger partial charge in [-0.2, -0.15) is 0 Å². The fraction of sp³-hybridized carbons (Fsp3) is 0.381. The molecule has 1 amide bonds. The Hall–Kier alpha value is -2.06. The zero-order valence-corrected chi connectivity index (χ0v) is 16.7. The van der Waals surface area contributed by atoms with Crippen LogP contribution in [0.1, 0.15) is 6.42 Å². The maximum absolute atomic E-state index is 12.9. The Morgan fingerprint density at radius 1 is 0.893 bits per heavy atom. The van der Waals surface area contributed by atoms with Crippen LogP contribution in [0, 0.1) is 0 Å². The maximum Gasteiger partial charge on any atom is 0.231 e. The van der Waals surface area contributed by atoms with Crippen molar-refractivity contribution in [1.82, 2.24) is 9.80 Å². The molecule has 0 radical (unpaired) electrons. The van der Waals surface area contributed by atoms with Gasteiger partial charge in [0.1, 0.15) is 0 Å². The summed E-state index contributed by atoms with van der Waals surface area (Å²) < 4.78 is 12.9. The molecule has 2 N–H and O–H groups in total. The third-order valence-corrected chi connectivity index (χ3v) is 6.90. The van der Waals surface area contributed by atoms with Gasteiger partial charge in [0.25, 0.3) is 0 Å².